The second kappa shape index (κ2) is 11.5. The number of amides is 1. The van der Waals surface area contributed by atoms with Crippen molar-refractivity contribution in [2.24, 2.45) is 5.92 Å². The van der Waals surface area contributed by atoms with Crippen LogP contribution in [0.5, 0.6) is 0 Å². The minimum absolute atomic E-state index is 0.181. The first kappa shape index (κ1) is 23.5. The molecule has 0 spiro atoms. The average molecular weight is 465 g/mol. The molecule has 1 atom stereocenters. The molecule has 174 valence electrons. The van der Waals surface area contributed by atoms with E-state index < -0.39 is 0 Å². The van der Waals surface area contributed by atoms with Crippen LogP contribution in [0, 0.1) is 5.92 Å². The molecule has 1 amide bonds. The van der Waals surface area contributed by atoms with Gasteiger partial charge in [-0.2, -0.15) is 0 Å². The predicted molar refractivity (Wildman–Crippen MR) is 132 cm³/mol. The number of likely N-dealkylation sites (tertiary alicyclic amines) is 1. The second-order valence-electron chi connectivity index (χ2n) is 8.54. The van der Waals surface area contributed by atoms with Crippen LogP contribution in [0.25, 0.3) is 11.4 Å². The van der Waals surface area contributed by atoms with E-state index in [1.165, 1.54) is 17.3 Å². The smallest absolute Gasteiger partial charge is 0.235 e. The largest absolute Gasteiger partial charge is 0.383 e. The number of hydrogen-bond acceptors (Lipinski definition) is 5. The first-order valence-corrected chi connectivity index (χ1v) is 12.5. The summed E-state index contributed by atoms with van der Waals surface area (Å²) in [4.78, 5) is 15.2. The second-order valence-corrected chi connectivity index (χ2v) is 9.84. The quantitative estimate of drug-likeness (QED) is 0.435. The summed E-state index contributed by atoms with van der Waals surface area (Å²) in [6.45, 7) is 4.82. The van der Waals surface area contributed by atoms with E-state index >= 15 is 0 Å². The van der Waals surface area contributed by atoms with Gasteiger partial charge >= 0.3 is 0 Å². The maximum absolute atomic E-state index is 13.2. The zero-order valence-corrected chi connectivity index (χ0v) is 20.2. The number of carbonyl (C=O) groups is 1. The van der Waals surface area contributed by atoms with Crippen molar-refractivity contribution in [1.29, 1.82) is 0 Å². The van der Waals surface area contributed by atoms with Gasteiger partial charge in [-0.15, -0.1) is 10.2 Å². The molecule has 0 aliphatic carbocycles. The SMILES string of the molecule is COCCn1c(S[C@H](C)C(=O)N2CCC(Cc3ccccc3)CC2)nnc1-c1ccccc1. The summed E-state index contributed by atoms with van der Waals surface area (Å²) in [6, 6.07) is 20.7. The van der Waals surface area contributed by atoms with Gasteiger partial charge in [0, 0.05) is 25.8 Å². The highest BCUT2D eigenvalue weighted by molar-refractivity contribution is 8.00. The van der Waals surface area contributed by atoms with Crippen LogP contribution in [0.2, 0.25) is 0 Å². The van der Waals surface area contributed by atoms with Crippen molar-refractivity contribution in [1.82, 2.24) is 19.7 Å². The van der Waals surface area contributed by atoms with Crippen molar-refractivity contribution >= 4 is 17.7 Å². The Bertz CT molecular complexity index is 1020. The van der Waals surface area contributed by atoms with Gasteiger partial charge in [-0.3, -0.25) is 9.36 Å². The Hall–Kier alpha value is -2.64. The Balaban J connectivity index is 1.37. The molecule has 0 radical (unpaired) electrons. The van der Waals surface area contributed by atoms with Crippen LogP contribution in [0.4, 0.5) is 0 Å². The molecule has 3 aromatic rings. The molecule has 1 fully saturated rings. The molecule has 6 nitrogen and oxygen atoms in total. The van der Waals surface area contributed by atoms with Crippen LogP contribution in [0.15, 0.2) is 65.8 Å². The summed E-state index contributed by atoms with van der Waals surface area (Å²) in [5, 5.41) is 9.38. The third-order valence-corrected chi connectivity index (χ3v) is 7.26. The van der Waals surface area contributed by atoms with E-state index in [0.29, 0.717) is 19.1 Å². The molecule has 1 aliphatic heterocycles. The van der Waals surface area contributed by atoms with Crippen LogP contribution < -0.4 is 0 Å². The molecule has 1 aliphatic rings. The maximum Gasteiger partial charge on any atom is 0.235 e. The fourth-order valence-electron chi connectivity index (χ4n) is 4.33. The zero-order chi connectivity index (χ0) is 23.0. The number of carbonyl (C=O) groups excluding carboxylic acids is 1. The van der Waals surface area contributed by atoms with E-state index in [0.717, 1.165) is 48.9 Å². The third-order valence-electron chi connectivity index (χ3n) is 6.19. The molecular formula is C26H32N4O2S. The first-order chi connectivity index (χ1) is 16.2. The van der Waals surface area contributed by atoms with Gasteiger partial charge in [0.15, 0.2) is 11.0 Å². The van der Waals surface area contributed by atoms with Crippen LogP contribution in [0.3, 0.4) is 0 Å². The molecule has 1 aromatic heterocycles. The number of methoxy groups -OCH3 is 1. The Morgan fingerprint density at radius 3 is 2.39 bits per heavy atom. The molecule has 4 rings (SSSR count). The Kier molecular flexibility index (Phi) is 8.18. The van der Waals surface area contributed by atoms with Crippen molar-refractivity contribution < 1.29 is 9.53 Å². The number of aromatic nitrogens is 3. The van der Waals surface area contributed by atoms with Gasteiger partial charge in [0.1, 0.15) is 0 Å². The molecule has 1 saturated heterocycles. The number of hydrogen-bond donors (Lipinski definition) is 0. The molecule has 7 heteroatoms. The molecule has 0 bridgehead atoms. The zero-order valence-electron chi connectivity index (χ0n) is 19.4. The van der Waals surface area contributed by atoms with Crippen molar-refractivity contribution in [3.63, 3.8) is 0 Å². The van der Waals surface area contributed by atoms with Gasteiger partial charge in [-0.25, -0.2) is 0 Å². The minimum Gasteiger partial charge on any atom is -0.383 e. The summed E-state index contributed by atoms with van der Waals surface area (Å²) in [5.74, 6) is 1.63. The molecule has 2 heterocycles. The number of nitrogens with zero attached hydrogens (tertiary/aromatic N) is 4. The molecule has 33 heavy (non-hydrogen) atoms. The summed E-state index contributed by atoms with van der Waals surface area (Å²) in [5.41, 5.74) is 2.39. The van der Waals surface area contributed by atoms with Crippen molar-refractivity contribution in [2.45, 2.75) is 43.1 Å². The number of piperidine rings is 1. The lowest BCUT2D eigenvalue weighted by Gasteiger charge is -2.33. The normalized spacial score (nSPS) is 15.5. The van der Waals surface area contributed by atoms with Gasteiger partial charge in [0.05, 0.1) is 18.4 Å². The van der Waals surface area contributed by atoms with E-state index in [-0.39, 0.29) is 11.2 Å². The van der Waals surface area contributed by atoms with E-state index in [1.54, 1.807) is 7.11 Å². The van der Waals surface area contributed by atoms with Crippen LogP contribution in [-0.2, 0) is 22.5 Å². The van der Waals surface area contributed by atoms with E-state index in [4.69, 9.17) is 4.74 Å². The highest BCUT2D eigenvalue weighted by Crippen LogP contribution is 2.29. The fourth-order valence-corrected chi connectivity index (χ4v) is 5.29. The highest BCUT2D eigenvalue weighted by Gasteiger charge is 2.28. The summed E-state index contributed by atoms with van der Waals surface area (Å²) in [7, 11) is 1.69. The van der Waals surface area contributed by atoms with Gasteiger partial charge < -0.3 is 9.64 Å². The third kappa shape index (κ3) is 6.03. The topological polar surface area (TPSA) is 60.2 Å². The van der Waals surface area contributed by atoms with Crippen molar-refractivity contribution in [2.75, 3.05) is 26.8 Å². The van der Waals surface area contributed by atoms with Gasteiger partial charge in [-0.05, 0) is 37.7 Å². The maximum atomic E-state index is 13.2. The van der Waals surface area contributed by atoms with Crippen LogP contribution >= 0.6 is 11.8 Å². The van der Waals surface area contributed by atoms with E-state index in [9.17, 15) is 4.79 Å². The lowest BCUT2D eigenvalue weighted by atomic mass is 9.90. The summed E-state index contributed by atoms with van der Waals surface area (Å²) < 4.78 is 7.36. The number of thioether (sulfide) groups is 1. The number of ether oxygens (including phenoxy) is 1. The van der Waals surface area contributed by atoms with Gasteiger partial charge in [0.25, 0.3) is 0 Å². The van der Waals surface area contributed by atoms with Crippen LogP contribution in [0.1, 0.15) is 25.3 Å². The Labute approximate surface area is 200 Å². The van der Waals surface area contributed by atoms with Gasteiger partial charge in [-0.1, -0.05) is 72.4 Å². The molecule has 2 aromatic carbocycles. The van der Waals surface area contributed by atoms with Gasteiger partial charge in [0.2, 0.25) is 5.91 Å². The summed E-state index contributed by atoms with van der Waals surface area (Å²) in [6.07, 6.45) is 3.21. The Morgan fingerprint density at radius 2 is 1.73 bits per heavy atom. The Morgan fingerprint density at radius 1 is 1.06 bits per heavy atom. The monoisotopic (exact) mass is 464 g/mol. The lowest BCUT2D eigenvalue weighted by Crippen LogP contribution is -2.42. The standard InChI is InChI=1S/C26H32N4O2S/c1-20(25(31)29-15-13-22(14-16-29)19-21-9-5-3-6-10-21)33-26-28-27-24(30(26)17-18-32-2)23-11-7-4-8-12-23/h3-12,20,22H,13-19H2,1-2H3/t20-/m1/s1. The minimum atomic E-state index is -0.218. The van der Waals surface area contributed by atoms with Crippen molar-refractivity contribution in [3.8, 4) is 11.4 Å². The number of rotatable bonds is 9. The predicted octanol–water partition coefficient (Wildman–Crippen LogP) is 4.55. The highest BCUT2D eigenvalue weighted by atomic mass is 32.2. The first-order valence-electron chi connectivity index (χ1n) is 11.6. The average Bonchev–Trinajstić information content (AvgIpc) is 3.26. The van der Waals surface area contributed by atoms with E-state index in [1.807, 2.05) is 42.2 Å². The van der Waals surface area contributed by atoms with E-state index in [2.05, 4.69) is 45.1 Å². The molecule has 0 saturated carbocycles. The lowest BCUT2D eigenvalue weighted by molar-refractivity contribution is -0.131. The molecule has 0 unspecified atom stereocenters. The fraction of sp³-hybridized carbons (Fsp3) is 0.423. The summed E-state index contributed by atoms with van der Waals surface area (Å²) >= 11 is 1.48. The van der Waals surface area contributed by atoms with Crippen LogP contribution in [-0.4, -0.2) is 57.6 Å². The van der Waals surface area contributed by atoms with Crippen molar-refractivity contribution in [3.05, 3.63) is 66.2 Å². The molecular weight excluding hydrogens is 432 g/mol. The number of benzene rings is 2. The molecule has 0 N–H and O–H groups in total.